The Hall–Kier alpha value is -2.36. The van der Waals surface area contributed by atoms with Crippen LogP contribution in [-0.2, 0) is 6.54 Å². The van der Waals surface area contributed by atoms with E-state index in [2.05, 4.69) is 10.4 Å². The summed E-state index contributed by atoms with van der Waals surface area (Å²) in [7, 11) is 0. The molecule has 3 rings (SSSR count). The normalized spacial score (nSPS) is 10.7. The minimum absolute atomic E-state index is 0.225. The van der Waals surface area contributed by atoms with Crippen LogP contribution in [0.4, 0.5) is 10.1 Å². The third kappa shape index (κ3) is 2.05. The number of rotatable bonds is 3. The van der Waals surface area contributed by atoms with Gasteiger partial charge in [-0.1, -0.05) is 6.07 Å². The molecule has 2 aromatic heterocycles. The predicted molar refractivity (Wildman–Crippen MR) is 68.9 cm³/mol. The first-order chi connectivity index (χ1) is 8.83. The lowest BCUT2D eigenvalue weighted by molar-refractivity contribution is 0.628. The summed E-state index contributed by atoms with van der Waals surface area (Å²) in [4.78, 5) is 0. The Kier molecular flexibility index (Phi) is 2.68. The average molecular weight is 241 g/mol. The quantitative estimate of drug-likeness (QED) is 0.763. The molecule has 18 heavy (non-hydrogen) atoms. The van der Waals surface area contributed by atoms with Gasteiger partial charge in [0, 0.05) is 24.0 Å². The predicted octanol–water partition coefficient (Wildman–Crippen LogP) is 3.09. The van der Waals surface area contributed by atoms with Crippen molar-refractivity contribution in [3.63, 3.8) is 0 Å². The van der Waals surface area contributed by atoms with E-state index < -0.39 is 0 Å². The summed E-state index contributed by atoms with van der Waals surface area (Å²) >= 11 is 0. The third-order valence-corrected chi connectivity index (χ3v) is 2.83. The van der Waals surface area contributed by atoms with Crippen LogP contribution in [0.2, 0.25) is 0 Å². The van der Waals surface area contributed by atoms with Crippen molar-refractivity contribution in [3.05, 3.63) is 66.2 Å². The number of nitrogens with zero attached hydrogens (tertiary/aromatic N) is 2. The molecule has 0 fully saturated rings. The van der Waals surface area contributed by atoms with Gasteiger partial charge < -0.3 is 5.32 Å². The van der Waals surface area contributed by atoms with Gasteiger partial charge >= 0.3 is 0 Å². The minimum Gasteiger partial charge on any atom is -0.381 e. The second-order valence-corrected chi connectivity index (χ2v) is 4.06. The highest BCUT2D eigenvalue weighted by atomic mass is 19.1. The van der Waals surface area contributed by atoms with E-state index in [0.29, 0.717) is 6.54 Å². The number of anilines is 1. The van der Waals surface area contributed by atoms with Crippen molar-refractivity contribution >= 4 is 11.2 Å². The molecule has 4 heteroatoms. The van der Waals surface area contributed by atoms with Crippen molar-refractivity contribution in [1.29, 1.82) is 0 Å². The fourth-order valence-electron chi connectivity index (χ4n) is 1.89. The standard InChI is InChI=1S/C14H12FN3/c15-12-4-6-13(7-5-12)16-9-11-10-17-18-8-2-1-3-14(11)18/h1-8,10,16H,9H2. The maximum Gasteiger partial charge on any atom is 0.123 e. The van der Waals surface area contributed by atoms with Crippen molar-refractivity contribution in [1.82, 2.24) is 9.61 Å². The Bertz CT molecular complexity index is 658. The van der Waals surface area contributed by atoms with Gasteiger partial charge in [0.2, 0.25) is 0 Å². The minimum atomic E-state index is -0.225. The van der Waals surface area contributed by atoms with Crippen LogP contribution in [-0.4, -0.2) is 9.61 Å². The van der Waals surface area contributed by atoms with Crippen molar-refractivity contribution in [2.45, 2.75) is 6.54 Å². The lowest BCUT2D eigenvalue weighted by Crippen LogP contribution is -1.98. The zero-order valence-corrected chi connectivity index (χ0v) is 9.68. The molecule has 0 spiro atoms. The fraction of sp³-hybridized carbons (Fsp3) is 0.0714. The SMILES string of the molecule is Fc1ccc(NCc2cnn3ccccc23)cc1. The lowest BCUT2D eigenvalue weighted by Gasteiger charge is -2.04. The number of hydrogen-bond donors (Lipinski definition) is 1. The third-order valence-electron chi connectivity index (χ3n) is 2.83. The van der Waals surface area contributed by atoms with E-state index in [-0.39, 0.29) is 5.82 Å². The number of aromatic nitrogens is 2. The molecule has 3 aromatic rings. The highest BCUT2D eigenvalue weighted by Gasteiger charge is 2.02. The largest absolute Gasteiger partial charge is 0.381 e. The van der Waals surface area contributed by atoms with Crippen LogP contribution < -0.4 is 5.32 Å². The number of fused-ring (bicyclic) bond motifs is 1. The zero-order valence-electron chi connectivity index (χ0n) is 9.68. The molecule has 1 N–H and O–H groups in total. The van der Waals surface area contributed by atoms with E-state index in [1.54, 1.807) is 12.1 Å². The van der Waals surface area contributed by atoms with Crippen LogP contribution in [0.25, 0.3) is 5.52 Å². The topological polar surface area (TPSA) is 29.3 Å². The summed E-state index contributed by atoms with van der Waals surface area (Å²) in [5, 5.41) is 7.51. The highest BCUT2D eigenvalue weighted by molar-refractivity contribution is 5.55. The lowest BCUT2D eigenvalue weighted by atomic mass is 10.2. The van der Waals surface area contributed by atoms with E-state index in [1.165, 1.54) is 12.1 Å². The average Bonchev–Trinajstić information content (AvgIpc) is 2.82. The molecule has 0 amide bonds. The van der Waals surface area contributed by atoms with E-state index in [9.17, 15) is 4.39 Å². The number of hydrogen-bond acceptors (Lipinski definition) is 2. The number of pyridine rings is 1. The summed E-state index contributed by atoms with van der Waals surface area (Å²) in [5.74, 6) is -0.225. The maximum atomic E-state index is 12.8. The fourth-order valence-corrected chi connectivity index (χ4v) is 1.89. The molecular formula is C14H12FN3. The van der Waals surface area contributed by atoms with Crippen molar-refractivity contribution in [2.24, 2.45) is 0 Å². The highest BCUT2D eigenvalue weighted by Crippen LogP contribution is 2.13. The van der Waals surface area contributed by atoms with E-state index in [1.807, 2.05) is 35.1 Å². The molecule has 1 aromatic carbocycles. The Morgan fingerprint density at radius 2 is 1.94 bits per heavy atom. The van der Waals surface area contributed by atoms with Crippen LogP contribution in [0.3, 0.4) is 0 Å². The Morgan fingerprint density at radius 1 is 1.11 bits per heavy atom. The first kappa shape index (κ1) is 10.8. The molecule has 0 saturated carbocycles. The summed E-state index contributed by atoms with van der Waals surface area (Å²) in [5.41, 5.74) is 3.08. The molecule has 0 radical (unpaired) electrons. The number of benzene rings is 1. The van der Waals surface area contributed by atoms with Crippen LogP contribution in [0.15, 0.2) is 54.9 Å². The summed E-state index contributed by atoms with van der Waals surface area (Å²) in [6.07, 6.45) is 3.75. The second-order valence-electron chi connectivity index (χ2n) is 4.06. The smallest absolute Gasteiger partial charge is 0.123 e. The van der Waals surface area contributed by atoms with Gasteiger partial charge in [0.25, 0.3) is 0 Å². The molecule has 3 nitrogen and oxygen atoms in total. The monoisotopic (exact) mass is 241 g/mol. The summed E-state index contributed by atoms with van der Waals surface area (Å²) in [6, 6.07) is 12.3. The van der Waals surface area contributed by atoms with Gasteiger partial charge in [0.15, 0.2) is 0 Å². The molecule has 2 heterocycles. The van der Waals surface area contributed by atoms with Crippen LogP contribution >= 0.6 is 0 Å². The summed E-state index contributed by atoms with van der Waals surface area (Å²) < 4.78 is 14.6. The van der Waals surface area contributed by atoms with Gasteiger partial charge in [0.1, 0.15) is 5.82 Å². The van der Waals surface area contributed by atoms with Crippen LogP contribution in [0.5, 0.6) is 0 Å². The molecule has 0 aliphatic heterocycles. The van der Waals surface area contributed by atoms with Gasteiger partial charge in [-0.25, -0.2) is 8.91 Å². The van der Waals surface area contributed by atoms with E-state index >= 15 is 0 Å². The maximum absolute atomic E-state index is 12.8. The van der Waals surface area contributed by atoms with Crippen LogP contribution in [0.1, 0.15) is 5.56 Å². The van der Waals surface area contributed by atoms with Gasteiger partial charge in [0.05, 0.1) is 11.7 Å². The zero-order chi connectivity index (χ0) is 12.4. The molecule has 0 aliphatic rings. The molecular weight excluding hydrogens is 229 g/mol. The van der Waals surface area contributed by atoms with Crippen LogP contribution in [0, 0.1) is 5.82 Å². The molecule has 0 aliphatic carbocycles. The summed E-state index contributed by atoms with van der Waals surface area (Å²) in [6.45, 7) is 0.666. The van der Waals surface area contributed by atoms with Gasteiger partial charge in [-0.2, -0.15) is 5.10 Å². The van der Waals surface area contributed by atoms with E-state index in [4.69, 9.17) is 0 Å². The Labute approximate surface area is 104 Å². The van der Waals surface area contributed by atoms with Gasteiger partial charge in [-0.15, -0.1) is 0 Å². The first-order valence-electron chi connectivity index (χ1n) is 5.73. The van der Waals surface area contributed by atoms with Crippen molar-refractivity contribution in [3.8, 4) is 0 Å². The Balaban J connectivity index is 1.79. The second kappa shape index (κ2) is 4.49. The Morgan fingerprint density at radius 3 is 2.78 bits per heavy atom. The first-order valence-corrected chi connectivity index (χ1v) is 5.73. The molecule has 0 unspecified atom stereocenters. The van der Waals surface area contributed by atoms with E-state index in [0.717, 1.165) is 16.8 Å². The number of halogens is 1. The number of nitrogens with one attached hydrogen (secondary N) is 1. The molecule has 0 saturated heterocycles. The van der Waals surface area contributed by atoms with Gasteiger partial charge in [-0.05, 0) is 36.4 Å². The van der Waals surface area contributed by atoms with Gasteiger partial charge in [-0.3, -0.25) is 0 Å². The van der Waals surface area contributed by atoms with Crippen molar-refractivity contribution < 1.29 is 4.39 Å². The molecule has 0 bridgehead atoms. The molecule has 90 valence electrons. The molecule has 0 atom stereocenters. The van der Waals surface area contributed by atoms with Crippen molar-refractivity contribution in [2.75, 3.05) is 5.32 Å².